The quantitative estimate of drug-likeness (QED) is 0.762. The van der Waals surface area contributed by atoms with E-state index in [1.54, 1.807) is 6.20 Å². The van der Waals surface area contributed by atoms with E-state index >= 15 is 0 Å². The van der Waals surface area contributed by atoms with E-state index in [4.69, 9.17) is 5.73 Å². The molecular weight excluding hydrogens is 353 g/mol. The molecule has 7 nitrogen and oxygen atoms in total. The first-order chi connectivity index (χ1) is 9.40. The molecule has 1 aromatic heterocycles. The van der Waals surface area contributed by atoms with E-state index < -0.39 is 20.7 Å². The Morgan fingerprint density at radius 2 is 2.20 bits per heavy atom. The Hall–Kier alpha value is -1.52. The van der Waals surface area contributed by atoms with Crippen LogP contribution in [-0.4, -0.2) is 30.0 Å². The van der Waals surface area contributed by atoms with Crippen LogP contribution in [0.4, 0.5) is 10.1 Å². The van der Waals surface area contributed by atoms with Gasteiger partial charge in [0.25, 0.3) is 0 Å². The molecule has 1 heterocycles. The number of halogens is 2. The molecule has 0 radical (unpaired) electrons. The number of nitrogens with one attached hydrogen (secondary N) is 1. The van der Waals surface area contributed by atoms with Crippen molar-refractivity contribution in [3.05, 3.63) is 34.8 Å². The molecule has 10 heteroatoms. The SMILES string of the molecule is Nc1cc(S(=O)(=O)NCCn2ccnn2)c(F)cc1Br. The van der Waals surface area contributed by atoms with Gasteiger partial charge in [0.2, 0.25) is 10.0 Å². The third-order valence-electron chi connectivity index (χ3n) is 2.45. The second-order valence-electron chi connectivity index (χ2n) is 3.87. The standard InChI is InChI=1S/C10H11BrFN5O2S/c11-7-5-8(12)10(6-9(7)13)20(18,19)15-2-4-17-3-1-14-16-17/h1,3,5-6,15H,2,4,13H2. The molecule has 0 aliphatic rings. The summed E-state index contributed by atoms with van der Waals surface area (Å²) < 4.78 is 41.7. The fourth-order valence-electron chi connectivity index (χ4n) is 1.48. The maximum absolute atomic E-state index is 13.7. The summed E-state index contributed by atoms with van der Waals surface area (Å²) in [5.74, 6) is -0.876. The number of nitrogens with zero attached hydrogens (tertiary/aromatic N) is 3. The first kappa shape index (κ1) is 14.9. The fourth-order valence-corrected chi connectivity index (χ4v) is 2.90. The number of benzene rings is 1. The largest absolute Gasteiger partial charge is 0.398 e. The topological polar surface area (TPSA) is 103 Å². The van der Waals surface area contributed by atoms with Crippen molar-refractivity contribution >= 4 is 31.6 Å². The van der Waals surface area contributed by atoms with E-state index in [1.165, 1.54) is 10.9 Å². The molecule has 2 aromatic rings. The lowest BCUT2D eigenvalue weighted by molar-refractivity contribution is 0.540. The maximum atomic E-state index is 13.7. The molecule has 20 heavy (non-hydrogen) atoms. The molecule has 0 saturated carbocycles. The van der Waals surface area contributed by atoms with Crippen molar-refractivity contribution < 1.29 is 12.8 Å². The number of sulfonamides is 1. The minimum Gasteiger partial charge on any atom is -0.398 e. The zero-order valence-electron chi connectivity index (χ0n) is 10.1. The molecule has 0 bridgehead atoms. The number of rotatable bonds is 5. The molecule has 0 aliphatic carbocycles. The first-order valence-electron chi connectivity index (χ1n) is 5.48. The van der Waals surface area contributed by atoms with E-state index in [-0.39, 0.29) is 18.8 Å². The summed E-state index contributed by atoms with van der Waals surface area (Å²) >= 11 is 3.03. The lowest BCUT2D eigenvalue weighted by atomic mass is 10.3. The Bertz CT molecular complexity index is 705. The number of hydrogen-bond acceptors (Lipinski definition) is 5. The van der Waals surface area contributed by atoms with Crippen LogP contribution in [0, 0.1) is 5.82 Å². The Kier molecular flexibility index (Phi) is 4.35. The van der Waals surface area contributed by atoms with Gasteiger partial charge in [-0.05, 0) is 28.1 Å². The highest BCUT2D eigenvalue weighted by Crippen LogP contribution is 2.25. The molecular formula is C10H11BrFN5O2S. The summed E-state index contributed by atoms with van der Waals surface area (Å²) in [6.07, 6.45) is 3.07. The third kappa shape index (κ3) is 3.32. The average molecular weight is 364 g/mol. The van der Waals surface area contributed by atoms with Crippen molar-refractivity contribution in [3.63, 3.8) is 0 Å². The van der Waals surface area contributed by atoms with Crippen LogP contribution in [0.1, 0.15) is 0 Å². The number of nitrogen functional groups attached to an aromatic ring is 1. The van der Waals surface area contributed by atoms with Gasteiger partial charge >= 0.3 is 0 Å². The van der Waals surface area contributed by atoms with E-state index in [9.17, 15) is 12.8 Å². The van der Waals surface area contributed by atoms with Gasteiger partial charge in [0.1, 0.15) is 10.7 Å². The van der Waals surface area contributed by atoms with Gasteiger partial charge in [-0.2, -0.15) is 0 Å². The Balaban J connectivity index is 2.12. The summed E-state index contributed by atoms with van der Waals surface area (Å²) in [5, 5.41) is 7.27. The van der Waals surface area contributed by atoms with Gasteiger partial charge in [-0.3, -0.25) is 4.68 Å². The van der Waals surface area contributed by atoms with Gasteiger partial charge in [-0.25, -0.2) is 17.5 Å². The molecule has 0 fully saturated rings. The molecule has 108 valence electrons. The normalized spacial score (nSPS) is 11.7. The highest BCUT2D eigenvalue weighted by Gasteiger charge is 2.20. The van der Waals surface area contributed by atoms with Gasteiger partial charge in [0.15, 0.2) is 0 Å². The lowest BCUT2D eigenvalue weighted by Gasteiger charge is -2.09. The number of hydrogen-bond donors (Lipinski definition) is 2. The van der Waals surface area contributed by atoms with Crippen molar-refractivity contribution in [3.8, 4) is 0 Å². The Labute approximate surface area is 123 Å². The molecule has 0 amide bonds. The molecule has 0 saturated heterocycles. The van der Waals surface area contributed by atoms with Crippen LogP contribution in [0.25, 0.3) is 0 Å². The second kappa shape index (κ2) is 5.85. The van der Waals surface area contributed by atoms with Gasteiger partial charge < -0.3 is 5.73 Å². The Morgan fingerprint density at radius 1 is 1.45 bits per heavy atom. The highest BCUT2D eigenvalue weighted by molar-refractivity contribution is 9.10. The van der Waals surface area contributed by atoms with Crippen LogP contribution in [0.15, 0.2) is 33.9 Å². The second-order valence-corrected chi connectivity index (χ2v) is 6.46. The summed E-state index contributed by atoms with van der Waals surface area (Å²) in [6, 6.07) is 2.08. The minimum absolute atomic E-state index is 0.0566. The van der Waals surface area contributed by atoms with Crippen LogP contribution < -0.4 is 10.5 Å². The zero-order chi connectivity index (χ0) is 14.8. The minimum atomic E-state index is -3.97. The van der Waals surface area contributed by atoms with E-state index in [0.29, 0.717) is 4.47 Å². The van der Waals surface area contributed by atoms with Crippen LogP contribution in [0.2, 0.25) is 0 Å². The molecule has 0 spiro atoms. The summed E-state index contributed by atoms with van der Waals surface area (Å²) in [4.78, 5) is -0.489. The third-order valence-corrected chi connectivity index (χ3v) is 4.61. The van der Waals surface area contributed by atoms with Crippen molar-refractivity contribution in [2.45, 2.75) is 11.4 Å². The average Bonchev–Trinajstić information content (AvgIpc) is 2.86. The summed E-state index contributed by atoms with van der Waals surface area (Å²) in [6.45, 7) is 0.341. The van der Waals surface area contributed by atoms with Crippen LogP contribution in [-0.2, 0) is 16.6 Å². The molecule has 0 atom stereocenters. The van der Waals surface area contributed by atoms with E-state index in [2.05, 4.69) is 31.0 Å². The fraction of sp³-hybridized carbons (Fsp3) is 0.200. The molecule has 3 N–H and O–H groups in total. The van der Waals surface area contributed by atoms with Gasteiger partial charge in [0, 0.05) is 22.9 Å². The highest BCUT2D eigenvalue weighted by atomic mass is 79.9. The van der Waals surface area contributed by atoms with Crippen molar-refractivity contribution in [2.24, 2.45) is 0 Å². The molecule has 1 aromatic carbocycles. The summed E-state index contributed by atoms with van der Waals surface area (Å²) in [5.41, 5.74) is 5.71. The summed E-state index contributed by atoms with van der Waals surface area (Å²) in [7, 11) is -3.97. The predicted octanol–water partition coefficient (Wildman–Crippen LogP) is 0.740. The van der Waals surface area contributed by atoms with Crippen molar-refractivity contribution in [1.29, 1.82) is 0 Å². The predicted molar refractivity (Wildman–Crippen MR) is 73.7 cm³/mol. The maximum Gasteiger partial charge on any atom is 0.243 e. The Morgan fingerprint density at radius 3 is 2.85 bits per heavy atom. The smallest absolute Gasteiger partial charge is 0.243 e. The van der Waals surface area contributed by atoms with Crippen molar-refractivity contribution in [1.82, 2.24) is 19.7 Å². The molecule has 0 unspecified atom stereocenters. The monoisotopic (exact) mass is 363 g/mol. The van der Waals surface area contributed by atoms with E-state index in [0.717, 1.165) is 12.1 Å². The molecule has 0 aliphatic heterocycles. The van der Waals surface area contributed by atoms with Crippen LogP contribution in [0.5, 0.6) is 0 Å². The lowest BCUT2D eigenvalue weighted by Crippen LogP contribution is -2.28. The van der Waals surface area contributed by atoms with Crippen LogP contribution in [0.3, 0.4) is 0 Å². The zero-order valence-corrected chi connectivity index (χ0v) is 12.5. The number of anilines is 1. The van der Waals surface area contributed by atoms with Gasteiger partial charge in [-0.1, -0.05) is 5.21 Å². The first-order valence-corrected chi connectivity index (χ1v) is 7.76. The number of nitrogens with two attached hydrogens (primary N) is 1. The van der Waals surface area contributed by atoms with Crippen molar-refractivity contribution in [2.75, 3.05) is 12.3 Å². The van der Waals surface area contributed by atoms with E-state index in [1.807, 2.05) is 0 Å². The van der Waals surface area contributed by atoms with Gasteiger partial charge in [0.05, 0.1) is 12.7 Å². The number of aromatic nitrogens is 3. The molecule has 2 rings (SSSR count). The van der Waals surface area contributed by atoms with Crippen LogP contribution >= 0.6 is 15.9 Å². The van der Waals surface area contributed by atoms with Gasteiger partial charge in [-0.15, -0.1) is 5.10 Å².